The monoisotopic (exact) mass is 296 g/mol. The predicted octanol–water partition coefficient (Wildman–Crippen LogP) is -0.166. The first kappa shape index (κ1) is 16.0. The van der Waals surface area contributed by atoms with Crippen LogP contribution in [0, 0.1) is 17.3 Å². The van der Waals surface area contributed by atoms with Crippen LogP contribution in [0.15, 0.2) is 0 Å². The van der Waals surface area contributed by atoms with Gasteiger partial charge in [-0.25, -0.2) is 0 Å². The van der Waals surface area contributed by atoms with Gasteiger partial charge in [0.25, 0.3) is 0 Å². The highest BCUT2D eigenvalue weighted by Crippen LogP contribution is 2.45. The van der Waals surface area contributed by atoms with Gasteiger partial charge in [0, 0.05) is 13.2 Å². The summed E-state index contributed by atoms with van der Waals surface area (Å²) in [7, 11) is 0. The molecule has 116 valence electrons. The molecule has 21 heavy (non-hydrogen) atoms. The molecule has 0 aromatic carbocycles. The van der Waals surface area contributed by atoms with Gasteiger partial charge in [-0.2, -0.15) is 0 Å². The van der Waals surface area contributed by atoms with E-state index in [1.165, 1.54) is 0 Å². The largest absolute Gasteiger partial charge is 0.396 e. The first-order chi connectivity index (χ1) is 9.97. The minimum Gasteiger partial charge on any atom is -0.396 e. The van der Waals surface area contributed by atoms with Gasteiger partial charge in [-0.15, -0.1) is 0 Å². The molecule has 0 heterocycles. The molecule has 0 aromatic rings. The van der Waals surface area contributed by atoms with Gasteiger partial charge in [-0.3, -0.25) is 19.2 Å². The van der Waals surface area contributed by atoms with Crippen LogP contribution in [0.25, 0.3) is 0 Å². The minimum atomic E-state index is -1.47. The number of Topliss-reactive ketones (excluding diaryl/α,β-unsaturated/α-hetero) is 4. The second kappa shape index (κ2) is 6.15. The van der Waals surface area contributed by atoms with Gasteiger partial charge in [-0.1, -0.05) is 0 Å². The molecule has 2 aliphatic carbocycles. The zero-order chi connectivity index (χ0) is 15.6. The molecular weight excluding hydrogens is 276 g/mol. The summed E-state index contributed by atoms with van der Waals surface area (Å²) in [6.45, 7) is -0.357. The van der Waals surface area contributed by atoms with E-state index in [9.17, 15) is 19.2 Å². The summed E-state index contributed by atoms with van der Waals surface area (Å²) in [4.78, 5) is 48.9. The van der Waals surface area contributed by atoms with Gasteiger partial charge >= 0.3 is 0 Å². The summed E-state index contributed by atoms with van der Waals surface area (Å²) in [6, 6.07) is 0. The molecule has 6 heteroatoms. The Balaban J connectivity index is 2.22. The summed E-state index contributed by atoms with van der Waals surface area (Å²) in [6.07, 6.45) is 1.97. The van der Waals surface area contributed by atoms with E-state index in [2.05, 4.69) is 0 Å². The van der Waals surface area contributed by atoms with Crippen LogP contribution in [0.4, 0.5) is 0 Å². The third-order valence-electron chi connectivity index (χ3n) is 4.86. The number of aliphatic hydroxyl groups is 2. The maximum Gasteiger partial charge on any atom is 0.213 e. The van der Waals surface area contributed by atoms with Crippen LogP contribution >= 0.6 is 0 Å². The highest BCUT2D eigenvalue weighted by atomic mass is 16.3. The van der Waals surface area contributed by atoms with E-state index in [-0.39, 0.29) is 31.8 Å². The smallest absolute Gasteiger partial charge is 0.213 e. The number of hydrogen-bond acceptors (Lipinski definition) is 6. The van der Waals surface area contributed by atoms with Crippen molar-refractivity contribution in [3.05, 3.63) is 0 Å². The summed E-state index contributed by atoms with van der Waals surface area (Å²) < 4.78 is 0. The van der Waals surface area contributed by atoms with Crippen LogP contribution in [-0.4, -0.2) is 46.6 Å². The summed E-state index contributed by atoms with van der Waals surface area (Å²) in [5, 5.41) is 17.8. The van der Waals surface area contributed by atoms with E-state index >= 15 is 0 Å². The minimum absolute atomic E-state index is 0.0516. The highest BCUT2D eigenvalue weighted by molar-refractivity contribution is 6.62. The normalized spacial score (nSPS) is 33.8. The second-order valence-corrected chi connectivity index (χ2v) is 5.99. The van der Waals surface area contributed by atoms with E-state index in [0.717, 1.165) is 0 Å². The van der Waals surface area contributed by atoms with Crippen molar-refractivity contribution in [2.24, 2.45) is 17.3 Å². The molecule has 2 aliphatic rings. The Morgan fingerprint density at radius 1 is 0.857 bits per heavy atom. The van der Waals surface area contributed by atoms with Crippen molar-refractivity contribution in [1.29, 1.82) is 0 Å². The lowest BCUT2D eigenvalue weighted by Crippen LogP contribution is -2.57. The molecule has 0 aromatic heterocycles. The lowest BCUT2D eigenvalue weighted by atomic mass is 9.58. The molecule has 0 unspecified atom stereocenters. The molecule has 2 fully saturated rings. The highest BCUT2D eigenvalue weighted by Gasteiger charge is 2.58. The van der Waals surface area contributed by atoms with Crippen molar-refractivity contribution in [3.8, 4) is 0 Å². The van der Waals surface area contributed by atoms with E-state index in [1.54, 1.807) is 0 Å². The van der Waals surface area contributed by atoms with Gasteiger partial charge in [0.1, 0.15) is 5.41 Å². The number of aliphatic hydroxyl groups excluding tert-OH is 2. The molecule has 0 saturated heterocycles. The number of rotatable bonds is 4. The Bertz CT molecular complexity index is 443. The molecule has 2 N–H and O–H groups in total. The third kappa shape index (κ3) is 2.58. The summed E-state index contributed by atoms with van der Waals surface area (Å²) in [5.74, 6) is -4.23. The van der Waals surface area contributed by atoms with Crippen molar-refractivity contribution < 1.29 is 29.4 Å². The van der Waals surface area contributed by atoms with Crippen molar-refractivity contribution in [1.82, 2.24) is 0 Å². The number of hydrogen-bond donors (Lipinski definition) is 2. The van der Waals surface area contributed by atoms with Gasteiger partial charge < -0.3 is 10.2 Å². The van der Waals surface area contributed by atoms with Crippen LogP contribution in [0.2, 0.25) is 0 Å². The van der Waals surface area contributed by atoms with Crippen molar-refractivity contribution in [2.75, 3.05) is 13.2 Å². The molecule has 2 saturated carbocycles. The SMILES string of the molecule is O=C1C(=O)C2(CCC(CCO)CC2)C(=O)C(=O)C1CCO. The lowest BCUT2D eigenvalue weighted by molar-refractivity contribution is -0.163. The van der Waals surface area contributed by atoms with E-state index in [4.69, 9.17) is 10.2 Å². The predicted molar refractivity (Wildman–Crippen MR) is 71.3 cm³/mol. The topological polar surface area (TPSA) is 109 Å². The molecule has 6 nitrogen and oxygen atoms in total. The molecule has 0 radical (unpaired) electrons. The van der Waals surface area contributed by atoms with Crippen LogP contribution in [0.3, 0.4) is 0 Å². The van der Waals surface area contributed by atoms with Gasteiger partial charge in [0.05, 0.1) is 5.92 Å². The van der Waals surface area contributed by atoms with Crippen LogP contribution in [0.1, 0.15) is 38.5 Å². The standard InChI is InChI=1S/C15H20O6/c16-7-3-9-1-5-15(6-2-9)13(20)11(18)10(4-8-17)12(19)14(15)21/h9-10,16-17H,1-8H2. The fraction of sp³-hybridized carbons (Fsp3) is 0.733. The third-order valence-corrected chi connectivity index (χ3v) is 4.86. The van der Waals surface area contributed by atoms with E-state index in [1.807, 2.05) is 0 Å². The van der Waals surface area contributed by atoms with E-state index < -0.39 is 41.1 Å². The van der Waals surface area contributed by atoms with Crippen LogP contribution in [0.5, 0.6) is 0 Å². The van der Waals surface area contributed by atoms with Gasteiger partial charge in [0.2, 0.25) is 23.1 Å². The summed E-state index contributed by atoms with van der Waals surface area (Å²) in [5.41, 5.74) is -1.47. The Labute approximate surface area is 122 Å². The summed E-state index contributed by atoms with van der Waals surface area (Å²) >= 11 is 0. The van der Waals surface area contributed by atoms with E-state index in [0.29, 0.717) is 19.3 Å². The fourth-order valence-corrected chi connectivity index (χ4v) is 3.50. The van der Waals surface area contributed by atoms with Crippen LogP contribution < -0.4 is 0 Å². The molecule has 1 spiro atoms. The fourth-order valence-electron chi connectivity index (χ4n) is 3.50. The maximum absolute atomic E-state index is 12.4. The maximum atomic E-state index is 12.4. The number of carbonyl (C=O) groups is 4. The molecule has 0 amide bonds. The van der Waals surface area contributed by atoms with Crippen LogP contribution in [-0.2, 0) is 19.2 Å². The van der Waals surface area contributed by atoms with Crippen molar-refractivity contribution in [3.63, 3.8) is 0 Å². The Hall–Kier alpha value is -1.40. The van der Waals surface area contributed by atoms with Crippen molar-refractivity contribution >= 4 is 23.1 Å². The quantitative estimate of drug-likeness (QED) is 0.551. The Morgan fingerprint density at radius 3 is 1.76 bits per heavy atom. The Morgan fingerprint density at radius 2 is 1.33 bits per heavy atom. The first-order valence-electron chi connectivity index (χ1n) is 7.37. The van der Waals surface area contributed by atoms with Crippen molar-refractivity contribution in [2.45, 2.75) is 38.5 Å². The molecular formula is C15H20O6. The molecule has 2 rings (SSSR count). The molecule has 0 aliphatic heterocycles. The average Bonchev–Trinajstić information content (AvgIpc) is 2.50. The van der Waals surface area contributed by atoms with Gasteiger partial charge in [0.15, 0.2) is 0 Å². The zero-order valence-electron chi connectivity index (χ0n) is 11.8. The van der Waals surface area contributed by atoms with Gasteiger partial charge in [-0.05, 0) is 44.4 Å². The molecule has 0 bridgehead atoms. The second-order valence-electron chi connectivity index (χ2n) is 5.99. The average molecular weight is 296 g/mol. The molecule has 0 atom stereocenters. The Kier molecular flexibility index (Phi) is 4.68. The number of carbonyl (C=O) groups excluding carboxylic acids is 4. The zero-order valence-corrected chi connectivity index (χ0v) is 11.8. The first-order valence-corrected chi connectivity index (χ1v) is 7.37. The lowest BCUT2D eigenvalue weighted by Gasteiger charge is -2.40. The number of ketones is 4.